The highest BCUT2D eigenvalue weighted by atomic mass is 16.7. The van der Waals surface area contributed by atoms with Crippen molar-refractivity contribution < 1.29 is 14.3 Å². The van der Waals surface area contributed by atoms with E-state index in [0.717, 1.165) is 6.29 Å². The zero-order chi connectivity index (χ0) is 12.1. The van der Waals surface area contributed by atoms with Gasteiger partial charge in [-0.3, -0.25) is 0 Å². The quantitative estimate of drug-likeness (QED) is 0.514. The third-order valence-corrected chi connectivity index (χ3v) is 2.93. The lowest BCUT2D eigenvalue weighted by Gasteiger charge is -2.38. The van der Waals surface area contributed by atoms with E-state index in [1.165, 1.54) is 0 Å². The Bertz CT molecular complexity index is 200. The van der Waals surface area contributed by atoms with E-state index >= 15 is 0 Å². The molecule has 1 N–H and O–H groups in total. The fourth-order valence-corrected chi connectivity index (χ4v) is 1.81. The Labute approximate surface area is 92.3 Å². The molecular weight excluding hydrogens is 194 g/mol. The van der Waals surface area contributed by atoms with Crippen LogP contribution in [0.15, 0.2) is 0 Å². The highest BCUT2D eigenvalue weighted by Gasteiger charge is 2.37. The van der Waals surface area contributed by atoms with Crippen LogP contribution in [0.2, 0.25) is 0 Å². The lowest BCUT2D eigenvalue weighted by Crippen LogP contribution is -2.46. The summed E-state index contributed by atoms with van der Waals surface area (Å²) in [6, 6.07) is -0.206. The number of carbonyl (C=O) groups is 1. The smallest absolute Gasteiger partial charge is 0.165 e. The molecule has 1 unspecified atom stereocenters. The predicted octanol–water partition coefficient (Wildman–Crippen LogP) is 1.20. The summed E-state index contributed by atoms with van der Waals surface area (Å²) >= 11 is 0. The van der Waals surface area contributed by atoms with Gasteiger partial charge in [0, 0.05) is 20.6 Å². The first-order valence-corrected chi connectivity index (χ1v) is 5.08. The largest absolute Gasteiger partial charge is 0.353 e. The number of hydrogen-bond donors (Lipinski definition) is 1. The van der Waals surface area contributed by atoms with Crippen molar-refractivity contribution in [3.05, 3.63) is 0 Å². The highest BCUT2D eigenvalue weighted by molar-refractivity contribution is 5.59. The maximum absolute atomic E-state index is 10.9. The molecular formula is C11H23NO3. The Morgan fingerprint density at radius 3 is 2.00 bits per heavy atom. The van der Waals surface area contributed by atoms with Crippen LogP contribution in [0.3, 0.4) is 0 Å². The number of hydrogen-bond acceptors (Lipinski definition) is 4. The van der Waals surface area contributed by atoms with Gasteiger partial charge in [0.25, 0.3) is 0 Å². The van der Waals surface area contributed by atoms with E-state index in [1.54, 1.807) is 21.3 Å². The van der Waals surface area contributed by atoms with Crippen molar-refractivity contribution in [2.75, 3.05) is 21.3 Å². The van der Waals surface area contributed by atoms with Gasteiger partial charge < -0.3 is 19.6 Å². The second-order valence-electron chi connectivity index (χ2n) is 4.61. The summed E-state index contributed by atoms with van der Waals surface area (Å²) in [5.74, 6) is -0.651. The number of likely N-dealkylation sites (N-methyl/N-ethyl adjacent to an activating group) is 1. The zero-order valence-corrected chi connectivity index (χ0v) is 10.6. The van der Waals surface area contributed by atoms with Gasteiger partial charge in [-0.1, -0.05) is 13.8 Å². The fourth-order valence-electron chi connectivity index (χ4n) is 1.81. The molecule has 0 aromatic carbocycles. The van der Waals surface area contributed by atoms with Crippen LogP contribution in [0.1, 0.15) is 27.2 Å². The second kappa shape index (κ2) is 5.58. The number of aldehydes is 1. The molecule has 0 aliphatic heterocycles. The zero-order valence-electron chi connectivity index (χ0n) is 10.6. The van der Waals surface area contributed by atoms with Gasteiger partial charge in [-0.2, -0.15) is 0 Å². The maximum Gasteiger partial charge on any atom is 0.165 e. The van der Waals surface area contributed by atoms with Gasteiger partial charge >= 0.3 is 0 Å². The van der Waals surface area contributed by atoms with E-state index in [0.29, 0.717) is 6.42 Å². The van der Waals surface area contributed by atoms with Gasteiger partial charge in [0.05, 0.1) is 6.04 Å². The van der Waals surface area contributed by atoms with Crippen molar-refractivity contribution in [3.63, 3.8) is 0 Å². The lowest BCUT2D eigenvalue weighted by atomic mass is 9.79. The van der Waals surface area contributed by atoms with E-state index in [1.807, 2.05) is 20.8 Å². The topological polar surface area (TPSA) is 47.6 Å². The molecule has 0 aliphatic carbocycles. The maximum atomic E-state index is 10.9. The van der Waals surface area contributed by atoms with Crippen LogP contribution in [0.5, 0.6) is 0 Å². The number of rotatable bonds is 7. The molecule has 0 aromatic rings. The molecule has 4 heteroatoms. The molecule has 0 radical (unpaired) electrons. The van der Waals surface area contributed by atoms with Crippen LogP contribution >= 0.6 is 0 Å². The van der Waals surface area contributed by atoms with Crippen molar-refractivity contribution in [1.29, 1.82) is 0 Å². The van der Waals surface area contributed by atoms with Crippen LogP contribution < -0.4 is 5.32 Å². The summed E-state index contributed by atoms with van der Waals surface area (Å²) in [6.07, 6.45) is 1.56. The Morgan fingerprint density at radius 2 is 1.73 bits per heavy atom. The average molecular weight is 217 g/mol. The molecule has 0 bridgehead atoms. The minimum atomic E-state index is -0.651. The van der Waals surface area contributed by atoms with E-state index in [-0.39, 0.29) is 11.5 Å². The lowest BCUT2D eigenvalue weighted by molar-refractivity contribution is -0.212. The van der Waals surface area contributed by atoms with Gasteiger partial charge in [-0.25, -0.2) is 0 Å². The molecule has 0 fully saturated rings. The van der Waals surface area contributed by atoms with Crippen LogP contribution in [-0.4, -0.2) is 39.4 Å². The third kappa shape index (κ3) is 3.89. The molecule has 0 spiro atoms. The molecule has 0 saturated carbocycles. The Balaban J connectivity index is 4.66. The molecule has 90 valence electrons. The summed E-state index contributed by atoms with van der Waals surface area (Å²) in [7, 11) is 4.99. The number of ether oxygens (including phenoxy) is 2. The first-order valence-electron chi connectivity index (χ1n) is 5.08. The molecule has 0 saturated heterocycles. The normalized spacial score (nSPS) is 15.1. The van der Waals surface area contributed by atoms with E-state index < -0.39 is 5.79 Å². The van der Waals surface area contributed by atoms with Crippen molar-refractivity contribution in [2.45, 2.75) is 39.0 Å². The second-order valence-corrected chi connectivity index (χ2v) is 4.61. The molecule has 0 amide bonds. The molecule has 15 heavy (non-hydrogen) atoms. The summed E-state index contributed by atoms with van der Waals surface area (Å²) < 4.78 is 10.6. The monoisotopic (exact) mass is 217 g/mol. The first-order chi connectivity index (χ1) is 6.85. The van der Waals surface area contributed by atoms with Crippen LogP contribution in [-0.2, 0) is 14.3 Å². The number of nitrogens with one attached hydrogen (secondary N) is 1. The molecule has 0 heterocycles. The summed E-state index contributed by atoms with van der Waals surface area (Å²) in [5, 5.41) is 2.98. The summed E-state index contributed by atoms with van der Waals surface area (Å²) in [5.41, 5.74) is -0.225. The fraction of sp³-hybridized carbons (Fsp3) is 0.909. The third-order valence-electron chi connectivity index (χ3n) is 2.93. The van der Waals surface area contributed by atoms with Crippen molar-refractivity contribution in [1.82, 2.24) is 5.32 Å². The molecule has 1 atom stereocenters. The predicted molar refractivity (Wildman–Crippen MR) is 59.7 cm³/mol. The molecule has 0 aromatic heterocycles. The van der Waals surface area contributed by atoms with Crippen LogP contribution in [0, 0.1) is 5.41 Å². The Morgan fingerprint density at radius 1 is 1.27 bits per heavy atom. The summed E-state index contributed by atoms with van der Waals surface area (Å²) in [4.78, 5) is 10.9. The van der Waals surface area contributed by atoms with Gasteiger partial charge in [-0.05, 0) is 19.4 Å². The van der Waals surface area contributed by atoms with E-state index in [9.17, 15) is 4.79 Å². The molecule has 4 nitrogen and oxygen atoms in total. The SMILES string of the molecule is CNC(C=O)C(C)(C)CC(C)(OC)OC. The van der Waals surface area contributed by atoms with Crippen LogP contribution in [0.25, 0.3) is 0 Å². The van der Waals surface area contributed by atoms with E-state index in [2.05, 4.69) is 5.32 Å². The first kappa shape index (κ1) is 14.6. The van der Waals surface area contributed by atoms with Gasteiger partial charge in [-0.15, -0.1) is 0 Å². The number of carbonyl (C=O) groups excluding carboxylic acids is 1. The molecule has 0 rings (SSSR count). The Kier molecular flexibility index (Phi) is 5.42. The minimum absolute atomic E-state index is 0.206. The van der Waals surface area contributed by atoms with E-state index in [4.69, 9.17) is 9.47 Å². The van der Waals surface area contributed by atoms with Crippen molar-refractivity contribution >= 4 is 6.29 Å². The average Bonchev–Trinajstić information content (AvgIpc) is 2.18. The Hall–Kier alpha value is -0.450. The van der Waals surface area contributed by atoms with Crippen LogP contribution in [0.4, 0.5) is 0 Å². The van der Waals surface area contributed by atoms with Crippen molar-refractivity contribution in [2.24, 2.45) is 5.41 Å². The number of methoxy groups -OCH3 is 2. The standard InChI is InChI=1S/C11H23NO3/c1-10(2,9(7-13)12-4)8-11(3,14-5)15-6/h7,9,12H,8H2,1-6H3. The van der Waals surface area contributed by atoms with Crippen molar-refractivity contribution in [3.8, 4) is 0 Å². The highest BCUT2D eigenvalue weighted by Crippen LogP contribution is 2.32. The van der Waals surface area contributed by atoms with Gasteiger partial charge in [0.15, 0.2) is 5.79 Å². The van der Waals surface area contributed by atoms with Gasteiger partial charge in [0.1, 0.15) is 6.29 Å². The summed E-state index contributed by atoms with van der Waals surface area (Å²) in [6.45, 7) is 5.89. The minimum Gasteiger partial charge on any atom is -0.353 e. The van der Waals surface area contributed by atoms with Gasteiger partial charge in [0.2, 0.25) is 0 Å². The molecule has 0 aliphatic rings.